The van der Waals surface area contributed by atoms with E-state index in [1.54, 1.807) is 0 Å². The van der Waals surface area contributed by atoms with Gasteiger partial charge in [0, 0.05) is 18.8 Å². The van der Waals surface area contributed by atoms with Crippen LogP contribution in [-0.4, -0.2) is 35.2 Å². The molecule has 4 atom stereocenters. The highest BCUT2D eigenvalue weighted by Gasteiger charge is 2.48. The van der Waals surface area contributed by atoms with Gasteiger partial charge in [0.25, 0.3) is 0 Å². The van der Waals surface area contributed by atoms with Crippen molar-refractivity contribution in [2.24, 2.45) is 5.92 Å². The van der Waals surface area contributed by atoms with E-state index in [0.717, 1.165) is 32.1 Å². The van der Waals surface area contributed by atoms with Gasteiger partial charge in [0.15, 0.2) is 0 Å². The highest BCUT2D eigenvalue weighted by molar-refractivity contribution is 5.76. The number of fused-ring (bicyclic) bond motifs is 2. The van der Waals surface area contributed by atoms with Gasteiger partial charge in [0.05, 0.1) is 18.2 Å². The summed E-state index contributed by atoms with van der Waals surface area (Å²) in [6.07, 6.45) is 10.4. The topological polar surface area (TPSA) is 75.6 Å². The molecule has 0 aliphatic carbocycles. The van der Waals surface area contributed by atoms with Gasteiger partial charge < -0.3 is 15.2 Å². The fourth-order valence-electron chi connectivity index (χ4n) is 4.18. The Morgan fingerprint density at radius 2 is 1.89 bits per heavy atom. The van der Waals surface area contributed by atoms with Crippen LogP contribution in [0.1, 0.15) is 50.5 Å². The van der Waals surface area contributed by atoms with Crippen LogP contribution >= 0.6 is 0 Å². The average Bonchev–Trinajstić information content (AvgIpc) is 3.26. The number of amides is 1. The van der Waals surface area contributed by atoms with Gasteiger partial charge in [-0.3, -0.25) is 9.59 Å². The summed E-state index contributed by atoms with van der Waals surface area (Å²) in [6.45, 7) is 0. The number of aryl methyl sites for hydroxylation is 1. The lowest BCUT2D eigenvalue weighted by Gasteiger charge is -2.28. The molecule has 1 amide bonds. The zero-order chi connectivity index (χ0) is 19.1. The Labute approximate surface area is 160 Å². The molecule has 0 saturated carbocycles. The van der Waals surface area contributed by atoms with Gasteiger partial charge in [-0.15, -0.1) is 0 Å². The summed E-state index contributed by atoms with van der Waals surface area (Å²) >= 11 is 0. The van der Waals surface area contributed by atoms with Crippen molar-refractivity contribution >= 4 is 11.9 Å². The molecule has 1 aromatic rings. The third-order valence-electron chi connectivity index (χ3n) is 5.57. The van der Waals surface area contributed by atoms with E-state index < -0.39 is 5.97 Å². The predicted octanol–water partition coefficient (Wildman–Crippen LogP) is 3.48. The monoisotopic (exact) mass is 371 g/mol. The maximum atomic E-state index is 12.4. The Balaban J connectivity index is 1.45. The van der Waals surface area contributed by atoms with E-state index in [-0.39, 0.29) is 30.6 Å². The van der Waals surface area contributed by atoms with Crippen molar-refractivity contribution in [3.63, 3.8) is 0 Å². The van der Waals surface area contributed by atoms with Gasteiger partial charge in [-0.2, -0.15) is 0 Å². The van der Waals surface area contributed by atoms with E-state index >= 15 is 0 Å². The number of hydrogen-bond donors (Lipinski definition) is 2. The highest BCUT2D eigenvalue weighted by Crippen LogP contribution is 2.41. The van der Waals surface area contributed by atoms with Crippen molar-refractivity contribution in [2.45, 2.75) is 69.6 Å². The number of nitrogens with one attached hydrogen (secondary N) is 1. The van der Waals surface area contributed by atoms with E-state index in [9.17, 15) is 9.59 Å². The average molecular weight is 371 g/mol. The molecule has 5 nitrogen and oxygen atoms in total. The minimum absolute atomic E-state index is 0.0930. The molecule has 0 aromatic heterocycles. The van der Waals surface area contributed by atoms with Crippen LogP contribution in [0.4, 0.5) is 0 Å². The predicted molar refractivity (Wildman–Crippen MR) is 103 cm³/mol. The quantitative estimate of drug-likeness (QED) is 0.488. The molecule has 146 valence electrons. The van der Waals surface area contributed by atoms with Gasteiger partial charge in [-0.05, 0) is 44.1 Å². The number of aliphatic carboxylic acids is 1. The normalized spacial score (nSPS) is 26.5. The van der Waals surface area contributed by atoms with Gasteiger partial charge >= 0.3 is 5.97 Å². The second kappa shape index (κ2) is 9.70. The minimum atomic E-state index is -0.747. The third-order valence-corrected chi connectivity index (χ3v) is 5.57. The summed E-state index contributed by atoms with van der Waals surface area (Å²) in [5, 5.41) is 11.9. The molecular formula is C22H29NO4. The second-order valence-corrected chi connectivity index (χ2v) is 7.53. The Bertz CT molecular complexity index is 658. The number of allylic oxidation sites excluding steroid dienone is 2. The first-order valence-electron chi connectivity index (χ1n) is 9.99. The number of hydrogen-bond acceptors (Lipinski definition) is 3. The van der Waals surface area contributed by atoms with Gasteiger partial charge in [-0.25, -0.2) is 0 Å². The zero-order valence-electron chi connectivity index (χ0n) is 15.7. The Kier molecular flexibility index (Phi) is 7.04. The Morgan fingerprint density at radius 3 is 2.67 bits per heavy atom. The molecule has 0 spiro atoms. The van der Waals surface area contributed by atoms with Crippen molar-refractivity contribution in [1.29, 1.82) is 0 Å². The van der Waals surface area contributed by atoms with Crippen molar-refractivity contribution in [3.05, 3.63) is 48.0 Å². The van der Waals surface area contributed by atoms with E-state index in [2.05, 4.69) is 17.5 Å². The summed E-state index contributed by atoms with van der Waals surface area (Å²) in [5.41, 5.74) is 1.18. The summed E-state index contributed by atoms with van der Waals surface area (Å²) < 4.78 is 6.04. The summed E-state index contributed by atoms with van der Waals surface area (Å²) in [4.78, 5) is 23.0. The zero-order valence-corrected chi connectivity index (χ0v) is 15.7. The number of carboxylic acids is 1. The van der Waals surface area contributed by atoms with Crippen molar-refractivity contribution in [2.75, 3.05) is 0 Å². The first kappa shape index (κ1) is 19.6. The molecule has 2 saturated heterocycles. The van der Waals surface area contributed by atoms with Crippen LogP contribution in [0, 0.1) is 5.92 Å². The largest absolute Gasteiger partial charge is 0.481 e. The molecule has 2 aliphatic rings. The van der Waals surface area contributed by atoms with Crippen molar-refractivity contribution in [3.8, 4) is 0 Å². The maximum absolute atomic E-state index is 12.4. The SMILES string of the molecule is O=C(O)CCC/C=C\C[C@@H]1C(NC(=O)CCc2ccccc2)[C@H]2CC[C@@H]1O2. The molecule has 2 aliphatic heterocycles. The molecule has 2 N–H and O–H groups in total. The smallest absolute Gasteiger partial charge is 0.303 e. The third kappa shape index (κ3) is 5.67. The molecule has 3 rings (SSSR count). The number of unbranched alkanes of at least 4 members (excludes halogenated alkanes) is 1. The maximum Gasteiger partial charge on any atom is 0.303 e. The molecular weight excluding hydrogens is 342 g/mol. The molecule has 0 radical (unpaired) electrons. The number of ether oxygens (including phenoxy) is 1. The molecule has 1 unspecified atom stereocenters. The minimum Gasteiger partial charge on any atom is -0.481 e. The van der Waals surface area contributed by atoms with Crippen LogP contribution in [0.5, 0.6) is 0 Å². The standard InChI is InChI=1S/C22H29NO4/c24-20(15-12-16-8-4-3-5-9-16)23-22-17(18-13-14-19(22)27-18)10-6-1-2-7-11-21(25)26/h1,3-6,8-9,17-19,22H,2,7,10-15H2,(H,23,24)(H,25,26)/b6-1-/t17-,18-,19+,22?/m0/s1. The lowest BCUT2D eigenvalue weighted by molar-refractivity contribution is -0.137. The fraction of sp³-hybridized carbons (Fsp3) is 0.545. The Hall–Kier alpha value is -2.14. The van der Waals surface area contributed by atoms with Gasteiger partial charge in [0.1, 0.15) is 0 Å². The summed E-state index contributed by atoms with van der Waals surface area (Å²) in [7, 11) is 0. The van der Waals surface area contributed by atoms with Crippen molar-refractivity contribution < 1.29 is 19.4 Å². The van der Waals surface area contributed by atoms with E-state index in [1.165, 1.54) is 5.56 Å². The van der Waals surface area contributed by atoms with Crippen LogP contribution in [0.3, 0.4) is 0 Å². The second-order valence-electron chi connectivity index (χ2n) is 7.53. The van der Waals surface area contributed by atoms with Crippen LogP contribution in [0.2, 0.25) is 0 Å². The molecule has 2 bridgehead atoms. The van der Waals surface area contributed by atoms with Crippen LogP contribution in [0.15, 0.2) is 42.5 Å². The lowest BCUT2D eigenvalue weighted by atomic mass is 9.82. The van der Waals surface area contributed by atoms with E-state index in [4.69, 9.17) is 9.84 Å². The number of benzene rings is 1. The lowest BCUT2D eigenvalue weighted by Crippen LogP contribution is -2.46. The molecule has 2 fully saturated rings. The fourth-order valence-corrected chi connectivity index (χ4v) is 4.18. The van der Waals surface area contributed by atoms with Gasteiger partial charge in [-0.1, -0.05) is 42.5 Å². The summed E-state index contributed by atoms with van der Waals surface area (Å²) in [6, 6.07) is 10.2. The number of carbonyl (C=O) groups is 2. The van der Waals surface area contributed by atoms with E-state index in [1.807, 2.05) is 30.3 Å². The number of carbonyl (C=O) groups excluding carboxylic acids is 1. The molecule has 1 aromatic carbocycles. The van der Waals surface area contributed by atoms with Crippen LogP contribution in [0.25, 0.3) is 0 Å². The first-order chi connectivity index (χ1) is 13.1. The molecule has 27 heavy (non-hydrogen) atoms. The number of carboxylic acid groups (broad SMARTS) is 1. The first-order valence-corrected chi connectivity index (χ1v) is 9.99. The highest BCUT2D eigenvalue weighted by atomic mass is 16.5. The number of rotatable bonds is 10. The van der Waals surface area contributed by atoms with E-state index in [0.29, 0.717) is 18.8 Å². The molecule has 2 heterocycles. The Morgan fingerprint density at radius 1 is 1.11 bits per heavy atom. The summed E-state index contributed by atoms with van der Waals surface area (Å²) in [5.74, 6) is -0.334. The van der Waals surface area contributed by atoms with Gasteiger partial charge in [0.2, 0.25) is 5.91 Å². The van der Waals surface area contributed by atoms with Crippen molar-refractivity contribution in [1.82, 2.24) is 5.32 Å². The van der Waals surface area contributed by atoms with Crippen LogP contribution < -0.4 is 5.32 Å². The van der Waals surface area contributed by atoms with Crippen LogP contribution in [-0.2, 0) is 20.7 Å². The molecule has 5 heteroatoms.